The third kappa shape index (κ3) is 3.57. The van der Waals surface area contributed by atoms with Gasteiger partial charge in [-0.3, -0.25) is 0 Å². The van der Waals surface area contributed by atoms with E-state index in [0.29, 0.717) is 16.7 Å². The third-order valence-electron chi connectivity index (χ3n) is 7.99. The Labute approximate surface area is 245 Å². The summed E-state index contributed by atoms with van der Waals surface area (Å²) in [5.41, 5.74) is 7.42. The Hall–Kier alpha value is -5.68. The van der Waals surface area contributed by atoms with Crippen LogP contribution >= 0.6 is 11.3 Å². The molecule has 42 heavy (non-hydrogen) atoms. The first kappa shape index (κ1) is 24.1. The summed E-state index contributed by atoms with van der Waals surface area (Å²) in [5.74, 6) is 0. The number of nitrogens with zero attached hydrogens (tertiary/aromatic N) is 2. The van der Waals surface area contributed by atoms with Crippen LogP contribution in [0.2, 0.25) is 0 Å². The summed E-state index contributed by atoms with van der Waals surface area (Å²) in [7, 11) is 0. The first-order chi connectivity index (χ1) is 20.7. The summed E-state index contributed by atoms with van der Waals surface area (Å²) in [4.78, 5) is 0. The molecule has 0 atom stereocenters. The smallest absolute Gasteiger partial charge is 0.136 e. The number of rotatable bonds is 3. The highest BCUT2D eigenvalue weighted by molar-refractivity contribution is 7.25. The van der Waals surface area contributed by atoms with Crippen molar-refractivity contribution in [2.24, 2.45) is 0 Å². The van der Waals surface area contributed by atoms with Crippen LogP contribution in [0, 0.1) is 22.7 Å². The van der Waals surface area contributed by atoms with Gasteiger partial charge in [-0.2, -0.15) is 10.5 Å². The zero-order valence-electron chi connectivity index (χ0n) is 22.3. The van der Waals surface area contributed by atoms with E-state index in [0.717, 1.165) is 55.1 Å². The predicted octanol–water partition coefficient (Wildman–Crippen LogP) is 10.7. The molecule has 4 heteroatoms. The van der Waals surface area contributed by atoms with Crippen LogP contribution in [0.4, 0.5) is 0 Å². The number of para-hydroxylation sites is 1. The second kappa shape index (κ2) is 9.46. The molecule has 0 amide bonds. The predicted molar refractivity (Wildman–Crippen MR) is 172 cm³/mol. The summed E-state index contributed by atoms with van der Waals surface area (Å²) >= 11 is 1.75. The van der Waals surface area contributed by atoms with Crippen molar-refractivity contribution in [3.63, 3.8) is 0 Å². The Bertz CT molecular complexity index is 2430. The van der Waals surface area contributed by atoms with Crippen LogP contribution in [0.25, 0.3) is 75.5 Å². The normalized spacial score (nSPS) is 11.3. The maximum atomic E-state index is 10.8. The molecule has 0 saturated heterocycles. The molecule has 0 aliphatic heterocycles. The number of thiophene rings is 1. The van der Waals surface area contributed by atoms with Crippen LogP contribution in [0.3, 0.4) is 0 Å². The fourth-order valence-corrected chi connectivity index (χ4v) is 7.23. The fourth-order valence-electron chi connectivity index (χ4n) is 6.14. The Kier molecular flexibility index (Phi) is 5.44. The molecule has 0 aliphatic carbocycles. The molecule has 2 aromatic heterocycles. The van der Waals surface area contributed by atoms with E-state index in [-0.39, 0.29) is 0 Å². The topological polar surface area (TPSA) is 60.7 Å². The molecule has 0 saturated carbocycles. The summed E-state index contributed by atoms with van der Waals surface area (Å²) in [6.45, 7) is 0. The largest absolute Gasteiger partial charge is 0.456 e. The van der Waals surface area contributed by atoms with Gasteiger partial charge < -0.3 is 4.42 Å². The van der Waals surface area contributed by atoms with Crippen LogP contribution in [0.5, 0.6) is 0 Å². The molecule has 3 nitrogen and oxygen atoms in total. The van der Waals surface area contributed by atoms with E-state index in [9.17, 15) is 10.5 Å². The molecule has 2 heterocycles. The maximum Gasteiger partial charge on any atom is 0.136 e. The number of furan rings is 1. The van der Waals surface area contributed by atoms with E-state index in [1.54, 1.807) is 11.3 Å². The molecule has 0 fully saturated rings. The zero-order chi connectivity index (χ0) is 28.2. The van der Waals surface area contributed by atoms with Crippen molar-refractivity contribution in [1.82, 2.24) is 0 Å². The summed E-state index contributed by atoms with van der Waals surface area (Å²) in [6.07, 6.45) is 0. The van der Waals surface area contributed by atoms with E-state index in [1.165, 1.54) is 14.8 Å². The summed E-state index contributed by atoms with van der Waals surface area (Å²) in [5, 5.41) is 25.7. The Morgan fingerprint density at radius 1 is 0.500 bits per heavy atom. The lowest BCUT2D eigenvalue weighted by Gasteiger charge is -2.17. The molecule has 8 aromatic rings. The van der Waals surface area contributed by atoms with Gasteiger partial charge in [-0.25, -0.2) is 0 Å². The van der Waals surface area contributed by atoms with Crippen molar-refractivity contribution in [2.45, 2.75) is 0 Å². The number of hydrogen-bond acceptors (Lipinski definition) is 4. The molecular formula is C38H20N2OS. The monoisotopic (exact) mass is 552 g/mol. The van der Waals surface area contributed by atoms with Gasteiger partial charge in [-0.1, -0.05) is 84.9 Å². The number of fused-ring (bicyclic) bond motifs is 6. The van der Waals surface area contributed by atoms with Gasteiger partial charge in [0.1, 0.15) is 23.3 Å². The van der Waals surface area contributed by atoms with Gasteiger partial charge >= 0.3 is 0 Å². The van der Waals surface area contributed by atoms with Crippen molar-refractivity contribution in [1.29, 1.82) is 10.5 Å². The van der Waals surface area contributed by atoms with Crippen molar-refractivity contribution in [3.05, 3.63) is 132 Å². The van der Waals surface area contributed by atoms with Gasteiger partial charge in [0.05, 0.1) is 11.1 Å². The highest BCUT2D eigenvalue weighted by Crippen LogP contribution is 2.45. The minimum atomic E-state index is 0.475. The lowest BCUT2D eigenvalue weighted by atomic mass is 9.83. The van der Waals surface area contributed by atoms with Gasteiger partial charge in [-0.15, -0.1) is 11.3 Å². The summed E-state index contributed by atoms with van der Waals surface area (Å²) in [6, 6.07) is 45.5. The molecule has 0 aliphatic rings. The van der Waals surface area contributed by atoms with Crippen LogP contribution in [-0.4, -0.2) is 0 Å². The highest BCUT2D eigenvalue weighted by atomic mass is 32.1. The Morgan fingerprint density at radius 3 is 2.02 bits per heavy atom. The molecule has 8 rings (SSSR count). The fraction of sp³-hybridized carbons (Fsp3) is 0. The number of benzene rings is 6. The second-order valence-electron chi connectivity index (χ2n) is 10.3. The number of hydrogen-bond donors (Lipinski definition) is 0. The quantitative estimate of drug-likeness (QED) is 0.219. The van der Waals surface area contributed by atoms with Crippen LogP contribution in [0.15, 0.2) is 126 Å². The van der Waals surface area contributed by atoms with Crippen molar-refractivity contribution < 1.29 is 4.42 Å². The van der Waals surface area contributed by atoms with E-state index in [1.807, 2.05) is 84.9 Å². The highest BCUT2D eigenvalue weighted by Gasteiger charge is 2.24. The molecule has 0 unspecified atom stereocenters. The minimum absolute atomic E-state index is 0.475. The van der Waals surface area contributed by atoms with Crippen molar-refractivity contribution >= 4 is 53.4 Å². The summed E-state index contributed by atoms with van der Waals surface area (Å²) < 4.78 is 8.59. The lowest BCUT2D eigenvalue weighted by Crippen LogP contribution is -1.98. The lowest BCUT2D eigenvalue weighted by molar-refractivity contribution is 0.669. The average molecular weight is 553 g/mol. The van der Waals surface area contributed by atoms with Crippen LogP contribution in [0.1, 0.15) is 11.1 Å². The van der Waals surface area contributed by atoms with Gasteiger partial charge in [0.2, 0.25) is 0 Å². The Balaban J connectivity index is 1.52. The minimum Gasteiger partial charge on any atom is -0.456 e. The average Bonchev–Trinajstić information content (AvgIpc) is 3.62. The van der Waals surface area contributed by atoms with Crippen molar-refractivity contribution in [2.75, 3.05) is 0 Å². The molecule has 0 N–H and O–H groups in total. The molecule has 0 radical (unpaired) electrons. The molecule has 194 valence electrons. The molecule has 0 spiro atoms. The zero-order valence-corrected chi connectivity index (χ0v) is 23.1. The van der Waals surface area contributed by atoms with Gasteiger partial charge in [0.25, 0.3) is 0 Å². The van der Waals surface area contributed by atoms with Gasteiger partial charge in [-0.05, 0) is 53.1 Å². The van der Waals surface area contributed by atoms with E-state index in [2.05, 4.69) is 48.5 Å². The van der Waals surface area contributed by atoms with E-state index < -0.39 is 0 Å². The number of nitriles is 2. The second-order valence-corrected chi connectivity index (χ2v) is 11.4. The van der Waals surface area contributed by atoms with Gasteiger partial charge in [0, 0.05) is 47.6 Å². The molecule has 0 bridgehead atoms. The maximum absolute atomic E-state index is 10.8. The third-order valence-corrected chi connectivity index (χ3v) is 9.15. The van der Waals surface area contributed by atoms with E-state index in [4.69, 9.17) is 4.42 Å². The Morgan fingerprint density at radius 2 is 1.19 bits per heavy atom. The first-order valence-electron chi connectivity index (χ1n) is 13.6. The molecule has 6 aromatic carbocycles. The SMILES string of the molecule is N#Cc1c(-c2ccccc2)cc(-c2cccc3oc4ccccc4c23)c(C#N)c1-c1ccc2sc3ccccc3c2c1. The van der Waals surface area contributed by atoms with E-state index >= 15 is 0 Å². The van der Waals surface area contributed by atoms with Gasteiger partial charge in [0.15, 0.2) is 0 Å². The molecular weight excluding hydrogens is 532 g/mol. The van der Waals surface area contributed by atoms with Crippen LogP contribution in [-0.2, 0) is 0 Å². The van der Waals surface area contributed by atoms with Crippen LogP contribution < -0.4 is 0 Å². The first-order valence-corrected chi connectivity index (χ1v) is 14.5. The standard InChI is InChI=1S/C38H20N2OS/c39-21-31-28(23-9-2-1-3-10-23)20-29(26-13-8-15-34-38(26)27-12-4-6-14-33(27)41-34)32(22-40)37(31)24-17-18-36-30(19-24)25-11-5-7-16-35(25)42-36/h1-20H. The van der Waals surface area contributed by atoms with Crippen molar-refractivity contribution in [3.8, 4) is 45.5 Å².